The monoisotopic (exact) mass is 318 g/mol. The topological polar surface area (TPSA) is 63.9 Å². The summed E-state index contributed by atoms with van der Waals surface area (Å²) in [5.41, 5.74) is 0.463. The first-order chi connectivity index (χ1) is 11.1. The summed E-state index contributed by atoms with van der Waals surface area (Å²) in [4.78, 5) is 14.4. The lowest BCUT2D eigenvalue weighted by atomic mass is 10.1. The third kappa shape index (κ3) is 4.04. The fraction of sp³-hybridized carbons (Fsp3) is 0.353. The average Bonchev–Trinajstić information content (AvgIpc) is 3.08. The van der Waals surface area contributed by atoms with Crippen molar-refractivity contribution in [3.05, 3.63) is 47.9 Å². The Bertz CT molecular complexity index is 638. The van der Waals surface area contributed by atoms with E-state index in [0.29, 0.717) is 23.6 Å². The van der Waals surface area contributed by atoms with E-state index < -0.39 is 0 Å². The van der Waals surface area contributed by atoms with E-state index in [4.69, 9.17) is 13.9 Å². The lowest BCUT2D eigenvalue weighted by Crippen LogP contribution is -2.34. The van der Waals surface area contributed by atoms with Crippen LogP contribution in [0.25, 0.3) is 0 Å². The van der Waals surface area contributed by atoms with Crippen LogP contribution in [-0.2, 0) is 0 Å². The molecule has 1 aromatic carbocycles. The maximum atomic E-state index is 12.4. The van der Waals surface area contributed by atoms with Gasteiger partial charge in [0.15, 0.2) is 0 Å². The van der Waals surface area contributed by atoms with Gasteiger partial charge in [0.25, 0.3) is 5.91 Å². The number of nitrogens with zero attached hydrogens (tertiary/aromatic N) is 1. The van der Waals surface area contributed by atoms with E-state index in [0.717, 1.165) is 5.76 Å². The van der Waals surface area contributed by atoms with E-state index >= 15 is 0 Å². The van der Waals surface area contributed by atoms with Crippen molar-refractivity contribution in [2.24, 2.45) is 0 Å². The Kier molecular flexibility index (Phi) is 5.65. The summed E-state index contributed by atoms with van der Waals surface area (Å²) >= 11 is 0. The average molecular weight is 318 g/mol. The molecule has 0 aliphatic carbocycles. The number of benzene rings is 1. The van der Waals surface area contributed by atoms with Gasteiger partial charge in [-0.25, -0.2) is 0 Å². The van der Waals surface area contributed by atoms with Crippen molar-refractivity contribution in [1.29, 1.82) is 0 Å². The predicted molar refractivity (Wildman–Crippen MR) is 87.0 cm³/mol. The molecule has 0 radical (unpaired) electrons. The maximum Gasteiger partial charge on any atom is 0.255 e. The quantitative estimate of drug-likeness (QED) is 0.849. The molecule has 0 aliphatic rings. The Morgan fingerprint density at radius 1 is 1.26 bits per heavy atom. The highest BCUT2D eigenvalue weighted by atomic mass is 16.5. The summed E-state index contributed by atoms with van der Waals surface area (Å²) in [6, 6.07) is 8.78. The number of amides is 1. The van der Waals surface area contributed by atoms with Gasteiger partial charge in [-0.2, -0.15) is 0 Å². The first kappa shape index (κ1) is 16.9. The number of nitrogens with one attached hydrogen (secondary N) is 1. The molecule has 0 bridgehead atoms. The Hall–Kier alpha value is -2.47. The minimum atomic E-state index is -0.206. The molecule has 1 amide bonds. The molecule has 0 saturated carbocycles. The summed E-state index contributed by atoms with van der Waals surface area (Å²) in [7, 11) is 6.97. The molecule has 0 fully saturated rings. The van der Waals surface area contributed by atoms with Gasteiger partial charge in [-0.1, -0.05) is 0 Å². The second kappa shape index (κ2) is 7.69. The van der Waals surface area contributed by atoms with Crippen molar-refractivity contribution in [2.75, 3.05) is 34.9 Å². The van der Waals surface area contributed by atoms with E-state index in [1.54, 1.807) is 31.6 Å². The van der Waals surface area contributed by atoms with Gasteiger partial charge in [-0.3, -0.25) is 9.69 Å². The number of carbonyl (C=O) groups is 1. The molecular weight excluding hydrogens is 296 g/mol. The van der Waals surface area contributed by atoms with Gasteiger partial charge in [0, 0.05) is 12.6 Å². The fourth-order valence-corrected chi connectivity index (χ4v) is 2.29. The summed E-state index contributed by atoms with van der Waals surface area (Å²) < 4.78 is 15.8. The number of ether oxygens (including phenoxy) is 2. The minimum absolute atomic E-state index is 0.0433. The standard InChI is InChI=1S/C17H22N2O4/c1-19(2)14(15-6-5-9-23-15)11-18-17(20)13-8-7-12(21-3)10-16(13)22-4/h5-10,14H,11H2,1-4H3,(H,18,20)/t14-/m0/s1. The molecule has 2 aromatic rings. The molecule has 124 valence electrons. The predicted octanol–water partition coefficient (Wildman–Crippen LogP) is 2.33. The summed E-state index contributed by atoms with van der Waals surface area (Å²) in [5, 5.41) is 2.92. The molecule has 1 N–H and O–H groups in total. The van der Waals surface area contributed by atoms with Crippen molar-refractivity contribution < 1.29 is 18.7 Å². The lowest BCUT2D eigenvalue weighted by Gasteiger charge is -2.22. The number of hydrogen-bond donors (Lipinski definition) is 1. The number of likely N-dealkylation sites (N-methyl/N-ethyl adjacent to an activating group) is 1. The zero-order valence-corrected chi connectivity index (χ0v) is 13.8. The van der Waals surface area contributed by atoms with Gasteiger partial charge >= 0.3 is 0 Å². The number of hydrogen-bond acceptors (Lipinski definition) is 5. The number of furan rings is 1. The van der Waals surface area contributed by atoms with Crippen molar-refractivity contribution in [2.45, 2.75) is 6.04 Å². The highest BCUT2D eigenvalue weighted by Crippen LogP contribution is 2.25. The van der Waals surface area contributed by atoms with Gasteiger partial charge in [-0.05, 0) is 38.4 Å². The zero-order chi connectivity index (χ0) is 16.8. The van der Waals surface area contributed by atoms with Crippen LogP contribution < -0.4 is 14.8 Å². The zero-order valence-electron chi connectivity index (χ0n) is 13.8. The van der Waals surface area contributed by atoms with E-state index in [9.17, 15) is 4.79 Å². The molecule has 6 heteroatoms. The highest BCUT2D eigenvalue weighted by Gasteiger charge is 2.19. The molecule has 0 aliphatic heterocycles. The van der Waals surface area contributed by atoms with E-state index in [1.807, 2.05) is 31.1 Å². The van der Waals surface area contributed by atoms with Crippen molar-refractivity contribution in [3.8, 4) is 11.5 Å². The summed E-state index contributed by atoms with van der Waals surface area (Å²) in [6.07, 6.45) is 1.63. The van der Waals surface area contributed by atoms with Crippen LogP contribution in [0.1, 0.15) is 22.2 Å². The fourth-order valence-electron chi connectivity index (χ4n) is 2.29. The van der Waals surface area contributed by atoms with Crippen molar-refractivity contribution >= 4 is 5.91 Å². The van der Waals surface area contributed by atoms with Gasteiger partial charge in [0.2, 0.25) is 0 Å². The molecule has 2 rings (SSSR count). The molecule has 6 nitrogen and oxygen atoms in total. The Morgan fingerprint density at radius 2 is 2.04 bits per heavy atom. The summed E-state index contributed by atoms with van der Waals surface area (Å²) in [5.74, 6) is 1.71. The number of methoxy groups -OCH3 is 2. The van der Waals surface area contributed by atoms with Crippen LogP contribution in [-0.4, -0.2) is 45.7 Å². The number of carbonyl (C=O) groups excluding carboxylic acids is 1. The third-order valence-corrected chi connectivity index (χ3v) is 3.60. The molecule has 1 aromatic heterocycles. The smallest absolute Gasteiger partial charge is 0.255 e. The third-order valence-electron chi connectivity index (χ3n) is 3.60. The van der Waals surface area contributed by atoms with Crippen LogP contribution in [0, 0.1) is 0 Å². The van der Waals surface area contributed by atoms with Gasteiger partial charge in [-0.15, -0.1) is 0 Å². The van der Waals surface area contributed by atoms with E-state index in [2.05, 4.69) is 5.32 Å². The molecular formula is C17H22N2O4. The van der Waals surface area contributed by atoms with E-state index in [1.165, 1.54) is 7.11 Å². The van der Waals surface area contributed by atoms with Crippen LogP contribution in [0.3, 0.4) is 0 Å². The Morgan fingerprint density at radius 3 is 2.61 bits per heavy atom. The number of rotatable bonds is 7. The van der Waals surface area contributed by atoms with Gasteiger partial charge in [0.05, 0.1) is 32.1 Å². The molecule has 1 atom stereocenters. The SMILES string of the molecule is COc1ccc(C(=O)NC[C@@H](c2ccco2)N(C)C)c(OC)c1. The van der Waals surface area contributed by atoms with Gasteiger partial charge < -0.3 is 19.2 Å². The second-order valence-electron chi connectivity index (χ2n) is 5.27. The second-order valence-corrected chi connectivity index (χ2v) is 5.27. The van der Waals surface area contributed by atoms with Crippen LogP contribution in [0.2, 0.25) is 0 Å². The van der Waals surface area contributed by atoms with Crippen LogP contribution in [0.4, 0.5) is 0 Å². The minimum Gasteiger partial charge on any atom is -0.497 e. The molecule has 0 saturated heterocycles. The van der Waals surface area contributed by atoms with Crippen LogP contribution in [0.15, 0.2) is 41.0 Å². The lowest BCUT2D eigenvalue weighted by molar-refractivity contribution is 0.0936. The normalized spacial score (nSPS) is 12.0. The largest absolute Gasteiger partial charge is 0.497 e. The molecule has 0 spiro atoms. The van der Waals surface area contributed by atoms with E-state index in [-0.39, 0.29) is 11.9 Å². The van der Waals surface area contributed by atoms with Crippen molar-refractivity contribution in [1.82, 2.24) is 10.2 Å². The van der Waals surface area contributed by atoms with Crippen LogP contribution >= 0.6 is 0 Å². The molecule has 1 heterocycles. The Balaban J connectivity index is 2.09. The van der Waals surface area contributed by atoms with Crippen molar-refractivity contribution in [3.63, 3.8) is 0 Å². The molecule has 0 unspecified atom stereocenters. The first-order valence-electron chi connectivity index (χ1n) is 7.27. The summed E-state index contributed by atoms with van der Waals surface area (Å²) in [6.45, 7) is 0.425. The Labute approximate surface area is 136 Å². The maximum absolute atomic E-state index is 12.4. The van der Waals surface area contributed by atoms with Gasteiger partial charge in [0.1, 0.15) is 17.3 Å². The molecule has 23 heavy (non-hydrogen) atoms. The van der Waals surface area contributed by atoms with Crippen LogP contribution in [0.5, 0.6) is 11.5 Å². The first-order valence-corrected chi connectivity index (χ1v) is 7.27. The highest BCUT2D eigenvalue weighted by molar-refractivity contribution is 5.97.